The standard InChI is InChI=1S/C44H72N2/c1-3-45-41-11-7-5-9-37(41)39-29-33(21-27-43(39)45)15-13-31-17-23-35(24-18-31)36-25-19-32(20-26-36)14-16-34-22-28-44-40(30-34)38-10-6-8-12-42(38)46(44)4-2/h13-16,31-44H,3-12,17-30H2,1-2H3/b15-13+,16-14+. The number of nitrogens with zero attached hydrogens (tertiary/aromatic N) is 2. The average Bonchev–Trinajstić information content (AvgIpc) is 3.61. The van der Waals surface area contributed by atoms with Gasteiger partial charge in [-0.05, 0) is 188 Å². The smallest absolute Gasteiger partial charge is 0.0130 e. The van der Waals surface area contributed by atoms with Crippen molar-refractivity contribution in [3.63, 3.8) is 0 Å². The van der Waals surface area contributed by atoms with Crippen LogP contribution in [0.25, 0.3) is 0 Å². The van der Waals surface area contributed by atoms with Crippen LogP contribution in [-0.2, 0) is 0 Å². The Morgan fingerprint density at radius 1 is 0.370 bits per heavy atom. The van der Waals surface area contributed by atoms with E-state index in [2.05, 4.69) is 48.0 Å². The first-order valence-corrected chi connectivity index (χ1v) is 21.6. The second kappa shape index (κ2) is 14.7. The predicted molar refractivity (Wildman–Crippen MR) is 195 cm³/mol. The van der Waals surface area contributed by atoms with Crippen LogP contribution < -0.4 is 0 Å². The summed E-state index contributed by atoms with van der Waals surface area (Å²) in [5.41, 5.74) is 0. The molecule has 6 aliphatic carbocycles. The van der Waals surface area contributed by atoms with Gasteiger partial charge in [-0.2, -0.15) is 0 Å². The number of likely N-dealkylation sites (tertiary alicyclic amines) is 2. The highest BCUT2D eigenvalue weighted by atomic mass is 15.2. The molecule has 2 saturated heterocycles. The minimum Gasteiger partial charge on any atom is -0.297 e. The summed E-state index contributed by atoms with van der Waals surface area (Å²) in [6.45, 7) is 7.46. The van der Waals surface area contributed by atoms with Crippen molar-refractivity contribution >= 4 is 0 Å². The predicted octanol–water partition coefficient (Wildman–Crippen LogP) is 11.1. The Morgan fingerprint density at radius 3 is 1.13 bits per heavy atom. The van der Waals surface area contributed by atoms with Gasteiger partial charge < -0.3 is 0 Å². The van der Waals surface area contributed by atoms with Crippen molar-refractivity contribution < 1.29 is 0 Å². The molecule has 0 N–H and O–H groups in total. The van der Waals surface area contributed by atoms with Crippen LogP contribution in [-0.4, -0.2) is 47.1 Å². The second-order valence-corrected chi connectivity index (χ2v) is 18.4. The molecule has 2 nitrogen and oxygen atoms in total. The van der Waals surface area contributed by atoms with Crippen LogP contribution >= 0.6 is 0 Å². The van der Waals surface area contributed by atoms with Crippen molar-refractivity contribution in [3.05, 3.63) is 24.3 Å². The topological polar surface area (TPSA) is 6.48 Å². The van der Waals surface area contributed by atoms with Crippen LogP contribution in [0, 0.1) is 59.2 Å². The van der Waals surface area contributed by atoms with E-state index in [9.17, 15) is 0 Å². The van der Waals surface area contributed by atoms with Crippen molar-refractivity contribution in [1.29, 1.82) is 0 Å². The van der Waals surface area contributed by atoms with Crippen molar-refractivity contribution in [2.24, 2.45) is 59.2 Å². The highest BCUT2D eigenvalue weighted by Crippen LogP contribution is 2.52. The van der Waals surface area contributed by atoms with Gasteiger partial charge >= 0.3 is 0 Å². The molecule has 0 aromatic heterocycles. The van der Waals surface area contributed by atoms with E-state index in [1.807, 2.05) is 0 Å². The molecular weight excluding hydrogens is 556 g/mol. The molecule has 0 aromatic rings. The van der Waals surface area contributed by atoms with E-state index < -0.39 is 0 Å². The number of hydrogen-bond acceptors (Lipinski definition) is 2. The van der Waals surface area contributed by atoms with Crippen molar-refractivity contribution in [2.45, 2.75) is 179 Å². The molecular formula is C44H72N2. The Labute approximate surface area is 285 Å². The molecule has 0 amide bonds. The zero-order valence-electron chi connectivity index (χ0n) is 30.3. The van der Waals surface area contributed by atoms with Gasteiger partial charge in [0.25, 0.3) is 0 Å². The zero-order valence-corrected chi connectivity index (χ0v) is 30.3. The maximum atomic E-state index is 2.96. The molecule has 8 rings (SSSR count). The van der Waals surface area contributed by atoms with E-state index in [1.54, 1.807) is 0 Å². The summed E-state index contributed by atoms with van der Waals surface area (Å²) in [7, 11) is 0. The fourth-order valence-corrected chi connectivity index (χ4v) is 14.3. The molecule has 8 fully saturated rings. The minimum absolute atomic E-state index is 0.880. The maximum Gasteiger partial charge on any atom is 0.0130 e. The van der Waals surface area contributed by atoms with Crippen LogP contribution in [0.15, 0.2) is 24.3 Å². The lowest BCUT2D eigenvalue weighted by Crippen LogP contribution is -2.40. The van der Waals surface area contributed by atoms with Gasteiger partial charge in [-0.3, -0.25) is 9.80 Å². The fraction of sp³-hybridized carbons (Fsp3) is 0.909. The lowest BCUT2D eigenvalue weighted by atomic mass is 9.68. The Kier molecular flexibility index (Phi) is 10.4. The van der Waals surface area contributed by atoms with Crippen molar-refractivity contribution in [3.8, 4) is 0 Å². The molecule has 2 heterocycles. The molecule has 0 spiro atoms. The Morgan fingerprint density at radius 2 is 0.717 bits per heavy atom. The Bertz CT molecular complexity index is 937. The van der Waals surface area contributed by atoms with Crippen molar-refractivity contribution in [1.82, 2.24) is 9.80 Å². The van der Waals surface area contributed by atoms with Gasteiger partial charge in [0.2, 0.25) is 0 Å². The maximum absolute atomic E-state index is 2.96. The summed E-state index contributed by atoms with van der Waals surface area (Å²) in [6, 6.07) is 3.72. The third-order valence-electron chi connectivity index (χ3n) is 16.5. The normalized spacial score (nSPS) is 48.7. The highest BCUT2D eigenvalue weighted by molar-refractivity contribution is 5.08. The molecule has 6 saturated carbocycles. The summed E-state index contributed by atoms with van der Waals surface area (Å²) in [5.74, 6) is 9.67. The first-order valence-electron chi connectivity index (χ1n) is 21.6. The quantitative estimate of drug-likeness (QED) is 0.259. The lowest BCUT2D eigenvalue weighted by Gasteiger charge is -2.38. The molecule has 0 bridgehead atoms. The van der Waals surface area contributed by atoms with E-state index >= 15 is 0 Å². The van der Waals surface area contributed by atoms with Crippen LogP contribution in [0.2, 0.25) is 0 Å². The van der Waals surface area contributed by atoms with E-state index in [-0.39, 0.29) is 0 Å². The number of fused-ring (bicyclic) bond motifs is 6. The fourth-order valence-electron chi connectivity index (χ4n) is 14.3. The molecule has 0 radical (unpaired) electrons. The Hall–Kier alpha value is -0.600. The summed E-state index contributed by atoms with van der Waals surface area (Å²) >= 11 is 0. The molecule has 0 aromatic carbocycles. The van der Waals surface area contributed by atoms with Gasteiger partial charge in [0.15, 0.2) is 0 Å². The van der Waals surface area contributed by atoms with Gasteiger partial charge in [-0.15, -0.1) is 0 Å². The molecule has 2 heteroatoms. The SMILES string of the molecule is CCN1C2CCCCC2C2CC(/C=C/C3CCC(C4CCC(/C=C/C5CCC6C(C5)C5CCCCC5N6CC)CC4)CC3)CCC21. The molecule has 258 valence electrons. The summed E-state index contributed by atoms with van der Waals surface area (Å²) < 4.78 is 0. The molecule has 8 aliphatic rings. The number of rotatable bonds is 7. The zero-order chi connectivity index (χ0) is 31.0. The van der Waals surface area contributed by atoms with E-state index in [4.69, 9.17) is 0 Å². The minimum atomic E-state index is 0.880. The first kappa shape index (κ1) is 32.6. The highest BCUT2D eigenvalue weighted by Gasteiger charge is 2.51. The van der Waals surface area contributed by atoms with Gasteiger partial charge in [0.1, 0.15) is 0 Å². The molecule has 10 atom stereocenters. The molecule has 10 unspecified atom stereocenters. The van der Waals surface area contributed by atoms with E-state index in [1.165, 1.54) is 154 Å². The van der Waals surface area contributed by atoms with E-state index in [0.717, 1.165) is 83.3 Å². The van der Waals surface area contributed by atoms with Crippen LogP contribution in [0.5, 0.6) is 0 Å². The lowest BCUT2D eigenvalue weighted by molar-refractivity contribution is 0.139. The van der Waals surface area contributed by atoms with Crippen LogP contribution in [0.1, 0.15) is 155 Å². The first-order chi connectivity index (χ1) is 22.7. The number of allylic oxidation sites excluding steroid dienone is 4. The van der Waals surface area contributed by atoms with Crippen LogP contribution in [0.3, 0.4) is 0 Å². The third-order valence-corrected chi connectivity index (χ3v) is 16.5. The largest absolute Gasteiger partial charge is 0.297 e. The van der Waals surface area contributed by atoms with Gasteiger partial charge in [0, 0.05) is 24.2 Å². The number of hydrogen-bond donors (Lipinski definition) is 0. The Balaban J connectivity index is 0.760. The second-order valence-electron chi connectivity index (χ2n) is 18.4. The van der Waals surface area contributed by atoms with E-state index in [0.29, 0.717) is 0 Å². The molecule has 46 heavy (non-hydrogen) atoms. The monoisotopic (exact) mass is 629 g/mol. The van der Waals surface area contributed by atoms with Crippen LogP contribution in [0.4, 0.5) is 0 Å². The summed E-state index contributed by atoms with van der Waals surface area (Å²) in [4.78, 5) is 5.93. The van der Waals surface area contributed by atoms with Gasteiger partial charge in [-0.1, -0.05) is 63.8 Å². The third kappa shape index (κ3) is 6.52. The van der Waals surface area contributed by atoms with Crippen molar-refractivity contribution in [2.75, 3.05) is 13.1 Å². The summed E-state index contributed by atoms with van der Waals surface area (Å²) in [6.07, 6.45) is 43.9. The molecule has 2 aliphatic heterocycles. The summed E-state index contributed by atoms with van der Waals surface area (Å²) in [5, 5.41) is 0. The average molecular weight is 629 g/mol. The van der Waals surface area contributed by atoms with Gasteiger partial charge in [-0.25, -0.2) is 0 Å². The van der Waals surface area contributed by atoms with Gasteiger partial charge in [0.05, 0.1) is 0 Å².